The lowest BCUT2D eigenvalue weighted by Crippen LogP contribution is -2.04. The maximum absolute atomic E-state index is 10.7. The van der Waals surface area contributed by atoms with E-state index >= 15 is 0 Å². The van der Waals surface area contributed by atoms with Gasteiger partial charge in [0.15, 0.2) is 0 Å². The Morgan fingerprint density at radius 2 is 1.64 bits per heavy atom. The molecule has 0 fully saturated rings. The fourth-order valence-electron chi connectivity index (χ4n) is 2.09. The quantitative estimate of drug-likeness (QED) is 0.411. The Bertz CT molecular complexity index is 727. The van der Waals surface area contributed by atoms with Crippen LogP contribution in [0.2, 0.25) is 0 Å². The molecule has 0 aromatic heterocycles. The van der Waals surface area contributed by atoms with Crippen molar-refractivity contribution in [3.8, 4) is 11.5 Å². The van der Waals surface area contributed by atoms with Crippen LogP contribution in [0.5, 0.6) is 11.5 Å². The lowest BCUT2D eigenvalue weighted by atomic mass is 10.1. The second-order valence-electron chi connectivity index (χ2n) is 5.03. The first-order chi connectivity index (χ1) is 12.1. The van der Waals surface area contributed by atoms with E-state index in [-0.39, 0.29) is 32.1 Å². The number of rotatable bonds is 9. The van der Waals surface area contributed by atoms with Crippen LogP contribution in [-0.4, -0.2) is 41.6 Å². The summed E-state index contributed by atoms with van der Waals surface area (Å²) in [6.45, 7) is 0.155. The average molecular weight is 345 g/mol. The second-order valence-corrected chi connectivity index (χ2v) is 5.03. The minimum absolute atomic E-state index is 0.0310. The number of hydrogen-bond donors (Lipinski definition) is 2. The molecular weight excluding hydrogens is 326 g/mol. The normalized spacial score (nSPS) is 10.8. The van der Waals surface area contributed by atoms with Crippen LogP contribution >= 0.6 is 0 Å². The van der Waals surface area contributed by atoms with Gasteiger partial charge in [-0.1, -0.05) is 12.2 Å². The molecule has 0 aliphatic carbocycles. The summed E-state index contributed by atoms with van der Waals surface area (Å²) in [7, 11) is 0. The Balaban J connectivity index is 2.22. The summed E-state index contributed by atoms with van der Waals surface area (Å²) < 4.78 is 10.9. The lowest BCUT2D eigenvalue weighted by Gasteiger charge is -2.11. The summed E-state index contributed by atoms with van der Waals surface area (Å²) in [5, 5.41) is 28.4. The molecule has 2 aromatic rings. The van der Waals surface area contributed by atoms with Gasteiger partial charge in [0.25, 0.3) is 5.69 Å². The minimum atomic E-state index is -0.448. The van der Waals surface area contributed by atoms with Crippen LogP contribution in [0.15, 0.2) is 42.5 Å². The summed E-state index contributed by atoms with van der Waals surface area (Å²) in [6.07, 6.45) is 3.58. The molecule has 0 atom stereocenters. The number of aliphatic hydroxyl groups excluding tert-OH is 2. The fraction of sp³-hybridized carbons (Fsp3) is 0.222. The molecule has 132 valence electrons. The summed E-state index contributed by atoms with van der Waals surface area (Å²) in [5.41, 5.74) is 1.55. The van der Waals surface area contributed by atoms with E-state index in [1.807, 2.05) is 0 Å². The monoisotopic (exact) mass is 345 g/mol. The van der Waals surface area contributed by atoms with Gasteiger partial charge in [-0.25, -0.2) is 0 Å². The van der Waals surface area contributed by atoms with E-state index in [1.165, 1.54) is 12.1 Å². The summed E-state index contributed by atoms with van der Waals surface area (Å²) in [6, 6.07) is 11.4. The predicted molar refractivity (Wildman–Crippen MR) is 93.6 cm³/mol. The highest BCUT2D eigenvalue weighted by Gasteiger charge is 2.05. The van der Waals surface area contributed by atoms with Crippen molar-refractivity contribution < 1.29 is 24.6 Å². The van der Waals surface area contributed by atoms with E-state index in [4.69, 9.17) is 19.7 Å². The van der Waals surface area contributed by atoms with Crippen molar-refractivity contribution in [1.82, 2.24) is 0 Å². The number of benzene rings is 2. The van der Waals surface area contributed by atoms with Crippen LogP contribution in [0.4, 0.5) is 5.69 Å². The van der Waals surface area contributed by atoms with Crippen molar-refractivity contribution in [2.75, 3.05) is 26.4 Å². The Labute approximate surface area is 144 Å². The van der Waals surface area contributed by atoms with Crippen LogP contribution in [-0.2, 0) is 0 Å². The zero-order chi connectivity index (χ0) is 18.1. The molecule has 0 aliphatic heterocycles. The molecule has 0 radical (unpaired) electrons. The molecule has 7 heteroatoms. The topological polar surface area (TPSA) is 102 Å². The number of aliphatic hydroxyl groups is 2. The predicted octanol–water partition coefficient (Wildman–Crippen LogP) is 2.51. The molecule has 2 N–H and O–H groups in total. The van der Waals surface area contributed by atoms with Crippen molar-refractivity contribution in [3.63, 3.8) is 0 Å². The number of hydrogen-bond acceptors (Lipinski definition) is 6. The molecule has 0 saturated heterocycles. The highest BCUT2D eigenvalue weighted by atomic mass is 16.6. The third kappa shape index (κ3) is 5.59. The number of non-ortho nitro benzene ring substituents is 1. The van der Waals surface area contributed by atoms with Crippen LogP contribution in [0.1, 0.15) is 11.1 Å². The van der Waals surface area contributed by atoms with Gasteiger partial charge < -0.3 is 19.7 Å². The zero-order valence-electron chi connectivity index (χ0n) is 13.5. The fourth-order valence-corrected chi connectivity index (χ4v) is 2.09. The van der Waals surface area contributed by atoms with Gasteiger partial charge in [-0.3, -0.25) is 10.1 Å². The highest BCUT2D eigenvalue weighted by molar-refractivity contribution is 5.73. The maximum Gasteiger partial charge on any atom is 0.269 e. The van der Waals surface area contributed by atoms with E-state index in [1.54, 1.807) is 42.5 Å². The van der Waals surface area contributed by atoms with Gasteiger partial charge in [0.2, 0.25) is 0 Å². The molecule has 0 spiro atoms. The van der Waals surface area contributed by atoms with E-state index in [2.05, 4.69) is 0 Å². The van der Waals surface area contributed by atoms with Crippen molar-refractivity contribution in [2.24, 2.45) is 0 Å². The lowest BCUT2D eigenvalue weighted by molar-refractivity contribution is -0.384. The van der Waals surface area contributed by atoms with E-state index in [9.17, 15) is 10.1 Å². The van der Waals surface area contributed by atoms with Crippen LogP contribution < -0.4 is 9.47 Å². The molecule has 0 aliphatic rings. The summed E-state index contributed by atoms with van der Waals surface area (Å²) >= 11 is 0. The molecule has 0 bridgehead atoms. The third-order valence-corrected chi connectivity index (χ3v) is 3.25. The third-order valence-electron chi connectivity index (χ3n) is 3.25. The van der Waals surface area contributed by atoms with Gasteiger partial charge in [0, 0.05) is 17.7 Å². The standard InChI is InChI=1S/C18H19NO6/c20-9-11-24-17-7-8-18(25-12-10-21)15(13-17)4-1-14-2-5-16(6-3-14)19(22)23/h1-8,13,20-21H,9-12H2/b4-1+. The Morgan fingerprint density at radius 3 is 2.28 bits per heavy atom. The van der Waals surface area contributed by atoms with Crippen LogP contribution in [0.3, 0.4) is 0 Å². The zero-order valence-corrected chi connectivity index (χ0v) is 13.5. The molecule has 0 amide bonds. The molecule has 0 unspecified atom stereocenters. The van der Waals surface area contributed by atoms with Crippen molar-refractivity contribution in [3.05, 3.63) is 63.7 Å². The number of nitrogens with zero attached hydrogens (tertiary/aromatic N) is 1. The van der Waals surface area contributed by atoms with Gasteiger partial charge in [-0.05, 0) is 35.9 Å². The van der Waals surface area contributed by atoms with Crippen LogP contribution in [0, 0.1) is 10.1 Å². The number of nitro benzene ring substituents is 1. The molecule has 2 aromatic carbocycles. The van der Waals surface area contributed by atoms with Crippen molar-refractivity contribution >= 4 is 17.8 Å². The molecule has 0 heterocycles. The van der Waals surface area contributed by atoms with Gasteiger partial charge in [0.05, 0.1) is 18.1 Å². The SMILES string of the molecule is O=[N+]([O-])c1ccc(/C=C/c2cc(OCCO)ccc2OCCO)cc1. The van der Waals surface area contributed by atoms with Crippen molar-refractivity contribution in [1.29, 1.82) is 0 Å². The molecular formula is C18H19NO6. The Hall–Kier alpha value is -2.90. The first-order valence-electron chi connectivity index (χ1n) is 7.68. The van der Waals surface area contributed by atoms with Crippen molar-refractivity contribution in [2.45, 2.75) is 0 Å². The first kappa shape index (κ1) is 18.4. The number of ether oxygens (including phenoxy) is 2. The van der Waals surface area contributed by atoms with E-state index < -0.39 is 4.92 Å². The maximum atomic E-state index is 10.7. The summed E-state index contributed by atoms with van der Waals surface area (Å²) in [4.78, 5) is 10.2. The van der Waals surface area contributed by atoms with Crippen LogP contribution in [0.25, 0.3) is 12.2 Å². The van der Waals surface area contributed by atoms with E-state index in [0.29, 0.717) is 11.5 Å². The van der Waals surface area contributed by atoms with E-state index in [0.717, 1.165) is 11.1 Å². The Kier molecular flexibility index (Phi) is 6.94. The first-order valence-corrected chi connectivity index (χ1v) is 7.68. The molecule has 2 rings (SSSR count). The van der Waals surface area contributed by atoms with Gasteiger partial charge in [-0.15, -0.1) is 0 Å². The minimum Gasteiger partial charge on any atom is -0.491 e. The van der Waals surface area contributed by atoms with Gasteiger partial charge in [0.1, 0.15) is 24.7 Å². The molecule has 25 heavy (non-hydrogen) atoms. The highest BCUT2D eigenvalue weighted by Crippen LogP contribution is 2.26. The van der Waals surface area contributed by atoms with Gasteiger partial charge in [-0.2, -0.15) is 0 Å². The molecule has 7 nitrogen and oxygen atoms in total. The molecule has 0 saturated carbocycles. The largest absolute Gasteiger partial charge is 0.491 e. The van der Waals surface area contributed by atoms with Gasteiger partial charge >= 0.3 is 0 Å². The summed E-state index contributed by atoms with van der Waals surface area (Å²) in [5.74, 6) is 1.15. The second kappa shape index (κ2) is 9.41. The average Bonchev–Trinajstić information content (AvgIpc) is 2.64. The Morgan fingerprint density at radius 1 is 0.960 bits per heavy atom. The number of nitro groups is 1. The smallest absolute Gasteiger partial charge is 0.269 e.